The summed E-state index contributed by atoms with van der Waals surface area (Å²) in [4.78, 5) is 28.2. The molecule has 0 unspecified atom stereocenters. The lowest BCUT2D eigenvalue weighted by Gasteiger charge is -2.35. The van der Waals surface area contributed by atoms with Crippen LogP contribution in [0.5, 0.6) is 5.75 Å². The average Bonchev–Trinajstić information content (AvgIpc) is 3.38. The van der Waals surface area contributed by atoms with Gasteiger partial charge in [-0.3, -0.25) is 9.59 Å². The van der Waals surface area contributed by atoms with E-state index in [9.17, 15) is 9.59 Å². The molecular weight excluding hydrogens is 268 g/mol. The first-order valence-corrected chi connectivity index (χ1v) is 7.42. The van der Waals surface area contributed by atoms with Crippen LogP contribution in [0.15, 0.2) is 24.3 Å². The standard InChI is InChI=1S/C16H20N2O3/c1-21-14-5-3-2-4-13(14)16(20)18-10-8-17(9-11-18)15(19)12-6-7-12/h2-5,12H,6-11H2,1H3. The summed E-state index contributed by atoms with van der Waals surface area (Å²) in [7, 11) is 1.57. The van der Waals surface area contributed by atoms with Crippen LogP contribution in [0, 0.1) is 5.92 Å². The molecule has 1 saturated heterocycles. The van der Waals surface area contributed by atoms with Crippen LogP contribution in [0.3, 0.4) is 0 Å². The number of ether oxygens (including phenoxy) is 1. The highest BCUT2D eigenvalue weighted by molar-refractivity contribution is 5.97. The molecule has 0 aromatic heterocycles. The fraction of sp³-hybridized carbons (Fsp3) is 0.500. The third-order valence-corrected chi connectivity index (χ3v) is 4.14. The van der Waals surface area contributed by atoms with Gasteiger partial charge in [-0.15, -0.1) is 0 Å². The predicted octanol–water partition coefficient (Wildman–Crippen LogP) is 1.39. The number of benzene rings is 1. The summed E-state index contributed by atoms with van der Waals surface area (Å²) < 4.78 is 5.24. The van der Waals surface area contributed by atoms with Gasteiger partial charge in [0.1, 0.15) is 5.75 Å². The molecule has 112 valence electrons. The molecule has 2 amide bonds. The highest BCUT2D eigenvalue weighted by atomic mass is 16.5. The SMILES string of the molecule is COc1ccccc1C(=O)N1CCN(C(=O)C2CC2)CC1. The Morgan fingerprint density at radius 2 is 1.67 bits per heavy atom. The van der Waals surface area contributed by atoms with E-state index >= 15 is 0 Å². The Kier molecular flexibility index (Phi) is 3.82. The quantitative estimate of drug-likeness (QED) is 0.844. The minimum atomic E-state index is -0.0222. The van der Waals surface area contributed by atoms with Gasteiger partial charge in [0, 0.05) is 32.1 Å². The number of nitrogens with zero attached hydrogens (tertiary/aromatic N) is 2. The van der Waals surface area contributed by atoms with E-state index in [0.717, 1.165) is 12.8 Å². The van der Waals surface area contributed by atoms with Crippen LogP contribution in [-0.2, 0) is 4.79 Å². The molecule has 0 radical (unpaired) electrons. The van der Waals surface area contributed by atoms with E-state index in [2.05, 4.69) is 0 Å². The Hall–Kier alpha value is -2.04. The van der Waals surface area contributed by atoms with Crippen LogP contribution < -0.4 is 4.74 Å². The van der Waals surface area contributed by atoms with Gasteiger partial charge in [-0.2, -0.15) is 0 Å². The second-order valence-corrected chi connectivity index (χ2v) is 5.59. The first-order chi connectivity index (χ1) is 10.2. The van der Waals surface area contributed by atoms with Crippen molar-refractivity contribution in [3.63, 3.8) is 0 Å². The molecule has 0 atom stereocenters. The summed E-state index contributed by atoms with van der Waals surface area (Å²) in [6.07, 6.45) is 2.05. The number of hydrogen-bond donors (Lipinski definition) is 0. The number of piperazine rings is 1. The summed E-state index contributed by atoms with van der Waals surface area (Å²) in [5.74, 6) is 1.09. The Morgan fingerprint density at radius 3 is 2.29 bits per heavy atom. The molecule has 21 heavy (non-hydrogen) atoms. The van der Waals surface area contributed by atoms with Crippen molar-refractivity contribution in [3.8, 4) is 5.75 Å². The van der Waals surface area contributed by atoms with Gasteiger partial charge >= 0.3 is 0 Å². The van der Waals surface area contributed by atoms with Crippen molar-refractivity contribution in [1.82, 2.24) is 9.80 Å². The van der Waals surface area contributed by atoms with Crippen LogP contribution in [0.2, 0.25) is 0 Å². The van der Waals surface area contributed by atoms with Gasteiger partial charge in [-0.1, -0.05) is 12.1 Å². The number of hydrogen-bond acceptors (Lipinski definition) is 3. The van der Waals surface area contributed by atoms with Crippen LogP contribution in [-0.4, -0.2) is 54.9 Å². The molecule has 1 aliphatic heterocycles. The second-order valence-electron chi connectivity index (χ2n) is 5.59. The lowest BCUT2D eigenvalue weighted by atomic mass is 10.1. The zero-order valence-corrected chi connectivity index (χ0v) is 12.2. The maximum absolute atomic E-state index is 12.5. The maximum atomic E-state index is 12.5. The van der Waals surface area contributed by atoms with Gasteiger partial charge in [-0.05, 0) is 25.0 Å². The number of para-hydroxylation sites is 1. The molecule has 3 rings (SSSR count). The Balaban J connectivity index is 1.63. The molecule has 2 aliphatic rings. The summed E-state index contributed by atoms with van der Waals surface area (Å²) >= 11 is 0. The molecule has 2 fully saturated rings. The fourth-order valence-corrected chi connectivity index (χ4v) is 2.71. The first-order valence-electron chi connectivity index (χ1n) is 7.42. The average molecular weight is 288 g/mol. The van der Waals surface area contributed by atoms with Gasteiger partial charge in [0.2, 0.25) is 5.91 Å². The predicted molar refractivity (Wildman–Crippen MR) is 78.2 cm³/mol. The van der Waals surface area contributed by atoms with Crippen LogP contribution in [0.25, 0.3) is 0 Å². The highest BCUT2D eigenvalue weighted by Crippen LogP contribution is 2.31. The molecule has 1 aromatic carbocycles. The Morgan fingerprint density at radius 1 is 1.05 bits per heavy atom. The normalized spacial score (nSPS) is 18.5. The van der Waals surface area contributed by atoms with Gasteiger partial charge < -0.3 is 14.5 Å². The van der Waals surface area contributed by atoms with Crippen molar-refractivity contribution in [2.45, 2.75) is 12.8 Å². The maximum Gasteiger partial charge on any atom is 0.257 e. The van der Waals surface area contributed by atoms with Crippen LogP contribution in [0.4, 0.5) is 0 Å². The molecule has 5 nitrogen and oxygen atoms in total. The number of amides is 2. The molecule has 5 heteroatoms. The van der Waals surface area contributed by atoms with Crippen LogP contribution in [0.1, 0.15) is 23.2 Å². The summed E-state index contributed by atoms with van der Waals surface area (Å²) in [5.41, 5.74) is 0.585. The van der Waals surface area contributed by atoms with E-state index in [-0.39, 0.29) is 17.7 Å². The third kappa shape index (κ3) is 2.86. The highest BCUT2D eigenvalue weighted by Gasteiger charge is 2.35. The van der Waals surface area contributed by atoms with Crippen LogP contribution >= 0.6 is 0 Å². The minimum absolute atomic E-state index is 0.0222. The van der Waals surface area contributed by atoms with E-state index in [1.165, 1.54) is 0 Å². The molecule has 1 aromatic rings. The zero-order chi connectivity index (χ0) is 14.8. The Labute approximate surface area is 124 Å². The second kappa shape index (κ2) is 5.76. The lowest BCUT2D eigenvalue weighted by Crippen LogP contribution is -2.51. The largest absolute Gasteiger partial charge is 0.496 e. The first kappa shape index (κ1) is 13.9. The fourth-order valence-electron chi connectivity index (χ4n) is 2.71. The lowest BCUT2D eigenvalue weighted by molar-refractivity contribution is -0.134. The summed E-state index contributed by atoms with van der Waals surface area (Å²) in [6, 6.07) is 7.26. The van der Waals surface area contributed by atoms with E-state index in [1.807, 2.05) is 17.0 Å². The van der Waals surface area contributed by atoms with Gasteiger partial charge in [0.05, 0.1) is 12.7 Å². The molecule has 0 spiro atoms. The van der Waals surface area contributed by atoms with Gasteiger partial charge in [-0.25, -0.2) is 0 Å². The van der Waals surface area contributed by atoms with E-state index < -0.39 is 0 Å². The van der Waals surface area contributed by atoms with Crippen molar-refractivity contribution >= 4 is 11.8 Å². The zero-order valence-electron chi connectivity index (χ0n) is 12.2. The number of methoxy groups -OCH3 is 1. The van der Waals surface area contributed by atoms with Crippen molar-refractivity contribution in [2.24, 2.45) is 5.92 Å². The molecule has 1 aliphatic carbocycles. The van der Waals surface area contributed by atoms with Crippen molar-refractivity contribution in [3.05, 3.63) is 29.8 Å². The summed E-state index contributed by atoms with van der Waals surface area (Å²) in [5, 5.41) is 0. The number of carbonyl (C=O) groups excluding carboxylic acids is 2. The van der Waals surface area contributed by atoms with Gasteiger partial charge in [0.25, 0.3) is 5.91 Å². The summed E-state index contributed by atoms with van der Waals surface area (Å²) in [6.45, 7) is 2.46. The minimum Gasteiger partial charge on any atom is -0.496 e. The topological polar surface area (TPSA) is 49.9 Å². The van der Waals surface area contributed by atoms with E-state index in [4.69, 9.17) is 4.74 Å². The van der Waals surface area contributed by atoms with E-state index in [0.29, 0.717) is 37.5 Å². The number of rotatable bonds is 3. The third-order valence-electron chi connectivity index (χ3n) is 4.14. The monoisotopic (exact) mass is 288 g/mol. The molecule has 1 saturated carbocycles. The molecular formula is C16H20N2O3. The van der Waals surface area contributed by atoms with Crippen molar-refractivity contribution < 1.29 is 14.3 Å². The van der Waals surface area contributed by atoms with E-state index in [1.54, 1.807) is 24.1 Å². The molecule has 0 bridgehead atoms. The van der Waals surface area contributed by atoms with Crippen molar-refractivity contribution in [2.75, 3.05) is 33.3 Å². The molecule has 1 heterocycles. The molecule has 0 N–H and O–H groups in total. The van der Waals surface area contributed by atoms with Gasteiger partial charge in [0.15, 0.2) is 0 Å². The smallest absolute Gasteiger partial charge is 0.257 e. The number of carbonyl (C=O) groups is 2. The van der Waals surface area contributed by atoms with Crippen molar-refractivity contribution in [1.29, 1.82) is 0 Å². The Bertz CT molecular complexity index is 546.